The maximum Gasteiger partial charge on any atom is 0.0564 e. The van der Waals surface area contributed by atoms with Gasteiger partial charge in [0.1, 0.15) is 0 Å². The van der Waals surface area contributed by atoms with Crippen LogP contribution in [0.2, 0.25) is 0 Å². The Labute approximate surface area is 177 Å². The summed E-state index contributed by atoms with van der Waals surface area (Å²) in [6.45, 7) is 16.5. The minimum absolute atomic E-state index is 0. The summed E-state index contributed by atoms with van der Waals surface area (Å²) >= 11 is 0. The van der Waals surface area contributed by atoms with Crippen LogP contribution in [0.25, 0.3) is 0 Å². The molecule has 2 heterocycles. The van der Waals surface area contributed by atoms with Crippen molar-refractivity contribution >= 4 is 0 Å². The highest BCUT2D eigenvalue weighted by molar-refractivity contribution is 5.11. The summed E-state index contributed by atoms with van der Waals surface area (Å²) in [4.78, 5) is 4.97. The number of hydrogen-bond acceptors (Lipinski definition) is 3. The lowest BCUT2D eigenvalue weighted by atomic mass is 9.85. The van der Waals surface area contributed by atoms with E-state index in [0.717, 1.165) is 37.8 Å². The Morgan fingerprint density at radius 2 is 1.43 bits per heavy atom. The van der Waals surface area contributed by atoms with E-state index in [1.165, 1.54) is 51.7 Å². The number of nitrogens with zero attached hydrogens (tertiary/aromatic N) is 2. The zero-order valence-electron chi connectivity index (χ0n) is 19.1. The molecule has 2 aliphatic heterocycles. The summed E-state index contributed by atoms with van der Waals surface area (Å²) in [6.07, 6.45) is 8.71. The third-order valence-electron chi connectivity index (χ3n) is 5.67. The SMILES string of the molecule is C.CC.CC(C)(C)C#CC1CCC1.CN1CCC(CN2CCC(O)CC2)CC1. The Morgan fingerprint density at radius 3 is 1.86 bits per heavy atom. The van der Waals surface area contributed by atoms with Gasteiger partial charge < -0.3 is 14.9 Å². The van der Waals surface area contributed by atoms with Crippen LogP contribution in [0.1, 0.15) is 87.0 Å². The highest BCUT2D eigenvalue weighted by Gasteiger charge is 2.22. The summed E-state index contributed by atoms with van der Waals surface area (Å²) in [5.74, 6) is 8.22. The minimum atomic E-state index is -0.0289. The number of aliphatic hydroxyl groups is 1. The molecule has 3 fully saturated rings. The van der Waals surface area contributed by atoms with Crippen LogP contribution in [0.4, 0.5) is 0 Å². The number of piperidine rings is 2. The Kier molecular flexibility index (Phi) is 14.1. The number of hydrogen-bond donors (Lipinski definition) is 1. The van der Waals surface area contributed by atoms with Crippen molar-refractivity contribution in [2.45, 2.75) is 93.1 Å². The molecule has 1 saturated carbocycles. The van der Waals surface area contributed by atoms with Crippen molar-refractivity contribution in [2.24, 2.45) is 17.3 Å². The van der Waals surface area contributed by atoms with Gasteiger partial charge in [0.25, 0.3) is 0 Å². The lowest BCUT2D eigenvalue weighted by Gasteiger charge is -2.35. The van der Waals surface area contributed by atoms with Crippen molar-refractivity contribution in [1.29, 1.82) is 0 Å². The van der Waals surface area contributed by atoms with Gasteiger partial charge in [-0.05, 0) is 85.4 Å². The van der Waals surface area contributed by atoms with Crippen LogP contribution in [0.3, 0.4) is 0 Å². The molecular weight excluding hydrogens is 344 g/mol. The van der Waals surface area contributed by atoms with Gasteiger partial charge in [0.05, 0.1) is 6.10 Å². The monoisotopic (exact) mass is 394 g/mol. The van der Waals surface area contributed by atoms with Crippen molar-refractivity contribution < 1.29 is 5.11 Å². The van der Waals surface area contributed by atoms with Crippen molar-refractivity contribution in [3.8, 4) is 11.8 Å². The average molecular weight is 395 g/mol. The molecule has 3 heteroatoms. The Hall–Kier alpha value is -0.560. The molecule has 3 nitrogen and oxygen atoms in total. The van der Waals surface area contributed by atoms with Crippen molar-refractivity contribution in [3.05, 3.63) is 0 Å². The van der Waals surface area contributed by atoms with Crippen LogP contribution in [-0.4, -0.2) is 60.8 Å². The van der Waals surface area contributed by atoms with E-state index >= 15 is 0 Å². The average Bonchev–Trinajstić information content (AvgIpc) is 2.59. The van der Waals surface area contributed by atoms with Crippen LogP contribution >= 0.6 is 0 Å². The standard InChI is InChI=1S/C12H24N2O.C10H16.C2H6.CH4/c1-13-6-2-11(3-7-13)10-14-8-4-12(15)5-9-14;1-10(2,3)8-7-9-5-4-6-9;1-2;/h11-12,15H,2-10H2,1H3;9H,4-6H2,1-3H3;1-2H3;1H4. The highest BCUT2D eigenvalue weighted by atomic mass is 16.3. The number of rotatable bonds is 2. The fourth-order valence-corrected chi connectivity index (χ4v) is 3.58. The first-order valence-electron chi connectivity index (χ1n) is 11.4. The van der Waals surface area contributed by atoms with Gasteiger partial charge in [0.2, 0.25) is 0 Å². The molecule has 0 aromatic heterocycles. The van der Waals surface area contributed by atoms with E-state index in [2.05, 4.69) is 49.5 Å². The van der Waals surface area contributed by atoms with E-state index in [0.29, 0.717) is 0 Å². The Bertz CT molecular complexity index is 406. The molecule has 0 bridgehead atoms. The normalized spacial score (nSPS) is 22.2. The maximum absolute atomic E-state index is 9.43. The molecule has 0 radical (unpaired) electrons. The molecule has 0 spiro atoms. The minimum Gasteiger partial charge on any atom is -0.393 e. The molecule has 2 saturated heterocycles. The molecule has 3 rings (SSSR count). The van der Waals surface area contributed by atoms with Crippen LogP contribution in [0.5, 0.6) is 0 Å². The second kappa shape index (κ2) is 14.4. The van der Waals surface area contributed by atoms with Gasteiger partial charge in [-0.25, -0.2) is 0 Å². The summed E-state index contributed by atoms with van der Waals surface area (Å²) in [6, 6.07) is 0. The van der Waals surface area contributed by atoms with Crippen molar-refractivity contribution in [2.75, 3.05) is 39.8 Å². The first kappa shape index (κ1) is 27.4. The largest absolute Gasteiger partial charge is 0.393 e. The number of aliphatic hydroxyl groups excluding tert-OH is 1. The van der Waals surface area contributed by atoms with E-state index in [1.54, 1.807) is 0 Å². The molecule has 0 unspecified atom stereocenters. The van der Waals surface area contributed by atoms with E-state index < -0.39 is 0 Å². The molecule has 166 valence electrons. The van der Waals surface area contributed by atoms with Gasteiger partial charge in [0, 0.05) is 31.0 Å². The second-order valence-electron chi connectivity index (χ2n) is 9.43. The molecule has 0 amide bonds. The zero-order valence-corrected chi connectivity index (χ0v) is 19.1. The summed E-state index contributed by atoms with van der Waals surface area (Å²) < 4.78 is 0. The zero-order chi connectivity index (χ0) is 20.3. The first-order chi connectivity index (χ1) is 12.8. The summed E-state index contributed by atoms with van der Waals surface area (Å²) in [7, 11) is 2.22. The third-order valence-corrected chi connectivity index (χ3v) is 5.67. The van der Waals surface area contributed by atoms with E-state index in [9.17, 15) is 5.11 Å². The first-order valence-corrected chi connectivity index (χ1v) is 11.4. The van der Waals surface area contributed by atoms with Gasteiger partial charge >= 0.3 is 0 Å². The summed E-state index contributed by atoms with van der Waals surface area (Å²) in [5.41, 5.74) is 0.204. The van der Waals surface area contributed by atoms with Crippen LogP contribution in [-0.2, 0) is 0 Å². The van der Waals surface area contributed by atoms with Crippen LogP contribution in [0, 0.1) is 29.1 Å². The van der Waals surface area contributed by atoms with Crippen molar-refractivity contribution in [3.63, 3.8) is 0 Å². The predicted molar refractivity (Wildman–Crippen MR) is 125 cm³/mol. The smallest absolute Gasteiger partial charge is 0.0564 e. The fraction of sp³-hybridized carbons (Fsp3) is 0.920. The van der Waals surface area contributed by atoms with E-state index in [-0.39, 0.29) is 18.9 Å². The van der Waals surface area contributed by atoms with Gasteiger partial charge in [-0.1, -0.05) is 39.5 Å². The molecule has 0 aromatic rings. The topological polar surface area (TPSA) is 26.7 Å². The Balaban J connectivity index is 0.000000493. The maximum atomic E-state index is 9.43. The van der Waals surface area contributed by atoms with Gasteiger partial charge in [-0.3, -0.25) is 0 Å². The van der Waals surface area contributed by atoms with Gasteiger partial charge in [0.15, 0.2) is 0 Å². The fourth-order valence-electron chi connectivity index (χ4n) is 3.58. The second-order valence-corrected chi connectivity index (χ2v) is 9.43. The van der Waals surface area contributed by atoms with Crippen LogP contribution in [0.15, 0.2) is 0 Å². The molecule has 28 heavy (non-hydrogen) atoms. The lowest BCUT2D eigenvalue weighted by Crippen LogP contribution is -2.41. The van der Waals surface area contributed by atoms with Crippen molar-refractivity contribution in [1.82, 2.24) is 9.80 Å². The molecule has 0 atom stereocenters. The molecule has 0 aromatic carbocycles. The highest BCUT2D eigenvalue weighted by Crippen LogP contribution is 2.26. The predicted octanol–water partition coefficient (Wildman–Crippen LogP) is 5.28. The third kappa shape index (κ3) is 12.1. The summed E-state index contributed by atoms with van der Waals surface area (Å²) in [5, 5.41) is 9.43. The van der Waals surface area contributed by atoms with E-state index in [4.69, 9.17) is 0 Å². The van der Waals surface area contributed by atoms with Gasteiger partial charge in [-0.2, -0.15) is 0 Å². The van der Waals surface area contributed by atoms with Crippen LogP contribution < -0.4 is 0 Å². The molecular formula is C25H50N2O. The lowest BCUT2D eigenvalue weighted by molar-refractivity contribution is 0.0670. The Morgan fingerprint density at radius 1 is 0.893 bits per heavy atom. The molecule has 3 aliphatic rings. The number of likely N-dealkylation sites (tertiary alicyclic amines) is 2. The quantitative estimate of drug-likeness (QED) is 0.645. The molecule has 1 N–H and O–H groups in total. The molecule has 1 aliphatic carbocycles. The van der Waals surface area contributed by atoms with Gasteiger partial charge in [-0.15, -0.1) is 0 Å². The van der Waals surface area contributed by atoms with E-state index in [1.807, 2.05) is 13.8 Å².